The summed E-state index contributed by atoms with van der Waals surface area (Å²) in [7, 11) is 0. The lowest BCUT2D eigenvalue weighted by atomic mass is 9.94. The van der Waals surface area contributed by atoms with Gasteiger partial charge in [-0.05, 0) is 37.6 Å². The highest BCUT2D eigenvalue weighted by Gasteiger charge is 2.21. The maximum absolute atomic E-state index is 13.4. The van der Waals surface area contributed by atoms with E-state index in [2.05, 4.69) is 5.32 Å². The third-order valence-electron chi connectivity index (χ3n) is 2.50. The zero-order valence-electron chi connectivity index (χ0n) is 7.49. The van der Waals surface area contributed by atoms with Gasteiger partial charge < -0.3 is 5.32 Å². The van der Waals surface area contributed by atoms with Gasteiger partial charge in [0.15, 0.2) is 0 Å². The third-order valence-corrected chi connectivity index (χ3v) is 2.79. The summed E-state index contributed by atoms with van der Waals surface area (Å²) in [5.74, 6) is -0.783. The van der Waals surface area contributed by atoms with E-state index in [0.29, 0.717) is 12.3 Å². The van der Waals surface area contributed by atoms with Crippen molar-refractivity contribution in [1.82, 2.24) is 5.32 Å². The molecule has 76 valence electrons. The van der Waals surface area contributed by atoms with Crippen LogP contribution in [0.4, 0.5) is 8.78 Å². The largest absolute Gasteiger partial charge is 0.316 e. The van der Waals surface area contributed by atoms with Crippen LogP contribution in [0.15, 0.2) is 12.1 Å². The van der Waals surface area contributed by atoms with E-state index in [9.17, 15) is 8.78 Å². The van der Waals surface area contributed by atoms with Crippen LogP contribution < -0.4 is 5.32 Å². The van der Waals surface area contributed by atoms with Gasteiger partial charge in [-0.3, -0.25) is 0 Å². The lowest BCUT2D eigenvalue weighted by Crippen LogP contribution is -2.43. The molecular weight excluding hydrogens is 208 g/mol. The van der Waals surface area contributed by atoms with Crippen LogP contribution in [0.1, 0.15) is 5.56 Å². The van der Waals surface area contributed by atoms with Gasteiger partial charge in [0.1, 0.15) is 11.6 Å². The molecule has 0 atom stereocenters. The van der Waals surface area contributed by atoms with Crippen LogP contribution in [0.25, 0.3) is 0 Å². The smallest absolute Gasteiger partial charge is 0.147 e. The van der Waals surface area contributed by atoms with E-state index in [1.807, 2.05) is 0 Å². The zero-order chi connectivity index (χ0) is 10.1. The first-order valence-corrected chi connectivity index (χ1v) is 4.89. The molecule has 0 radical (unpaired) electrons. The number of benzene rings is 1. The second-order valence-corrected chi connectivity index (χ2v) is 3.96. The summed E-state index contributed by atoms with van der Waals surface area (Å²) in [6, 6.07) is 2.46. The molecule has 1 aliphatic heterocycles. The Kier molecular flexibility index (Phi) is 2.70. The molecule has 0 amide bonds. The van der Waals surface area contributed by atoms with Crippen molar-refractivity contribution < 1.29 is 8.78 Å². The highest BCUT2D eigenvalue weighted by Crippen LogP contribution is 2.24. The minimum absolute atomic E-state index is 0.00585. The molecule has 14 heavy (non-hydrogen) atoms. The summed E-state index contributed by atoms with van der Waals surface area (Å²) in [6.07, 6.45) is 0.422. The molecule has 0 aromatic heterocycles. The van der Waals surface area contributed by atoms with Crippen molar-refractivity contribution in [3.05, 3.63) is 34.4 Å². The van der Waals surface area contributed by atoms with E-state index in [1.165, 1.54) is 12.1 Å². The normalized spacial score (nSPS) is 16.8. The molecule has 1 fully saturated rings. The Balaban J connectivity index is 2.25. The Labute approximate surface area is 86.1 Å². The molecule has 1 saturated heterocycles. The SMILES string of the molecule is Fc1ccc(Cl)c(F)c1CC1CNC1. The molecular formula is C10H10ClF2N. The van der Waals surface area contributed by atoms with E-state index in [1.54, 1.807) is 0 Å². The fourth-order valence-corrected chi connectivity index (χ4v) is 1.71. The number of hydrogen-bond acceptors (Lipinski definition) is 1. The van der Waals surface area contributed by atoms with Crippen molar-refractivity contribution in [2.24, 2.45) is 5.92 Å². The van der Waals surface area contributed by atoms with Crippen molar-refractivity contribution in [1.29, 1.82) is 0 Å². The highest BCUT2D eigenvalue weighted by molar-refractivity contribution is 6.30. The molecule has 0 unspecified atom stereocenters. The van der Waals surface area contributed by atoms with Crippen molar-refractivity contribution >= 4 is 11.6 Å². The van der Waals surface area contributed by atoms with Crippen molar-refractivity contribution in [2.75, 3.05) is 13.1 Å². The fraction of sp³-hybridized carbons (Fsp3) is 0.400. The number of halogens is 3. The van der Waals surface area contributed by atoms with Crippen LogP contribution in [0.3, 0.4) is 0 Å². The Bertz CT molecular complexity index is 350. The summed E-state index contributed by atoms with van der Waals surface area (Å²) in [6.45, 7) is 1.65. The van der Waals surface area contributed by atoms with Gasteiger partial charge in [0.25, 0.3) is 0 Å². The minimum Gasteiger partial charge on any atom is -0.316 e. The predicted molar refractivity (Wildman–Crippen MR) is 51.4 cm³/mol. The molecule has 1 aromatic rings. The van der Waals surface area contributed by atoms with Gasteiger partial charge in [0.2, 0.25) is 0 Å². The molecule has 0 bridgehead atoms. The van der Waals surface area contributed by atoms with Gasteiger partial charge in [-0.25, -0.2) is 8.78 Å². The number of rotatable bonds is 2. The molecule has 1 aliphatic rings. The lowest BCUT2D eigenvalue weighted by Gasteiger charge is -2.27. The van der Waals surface area contributed by atoms with E-state index >= 15 is 0 Å². The molecule has 1 N–H and O–H groups in total. The average molecular weight is 218 g/mol. The van der Waals surface area contributed by atoms with Gasteiger partial charge in [-0.2, -0.15) is 0 Å². The third kappa shape index (κ3) is 1.74. The summed E-state index contributed by atoms with van der Waals surface area (Å²) >= 11 is 5.57. The maximum atomic E-state index is 13.4. The van der Waals surface area contributed by atoms with Crippen LogP contribution >= 0.6 is 11.6 Å². The number of hydrogen-bond donors (Lipinski definition) is 1. The molecule has 0 aliphatic carbocycles. The van der Waals surface area contributed by atoms with E-state index in [0.717, 1.165) is 13.1 Å². The Morgan fingerprint density at radius 1 is 1.36 bits per heavy atom. The monoisotopic (exact) mass is 217 g/mol. The zero-order valence-corrected chi connectivity index (χ0v) is 8.24. The standard InChI is InChI=1S/C10H10ClF2N/c11-8-1-2-9(12)7(10(8)13)3-6-4-14-5-6/h1-2,6,14H,3-5H2. The first kappa shape index (κ1) is 9.87. The Morgan fingerprint density at radius 2 is 2.07 bits per heavy atom. The fourth-order valence-electron chi connectivity index (χ4n) is 1.54. The molecule has 2 rings (SSSR count). The topological polar surface area (TPSA) is 12.0 Å². The molecule has 1 heterocycles. The Hall–Kier alpha value is -0.670. The van der Waals surface area contributed by atoms with E-state index in [-0.39, 0.29) is 10.6 Å². The highest BCUT2D eigenvalue weighted by atomic mass is 35.5. The minimum atomic E-state index is -0.612. The molecule has 1 nitrogen and oxygen atoms in total. The first-order chi connectivity index (χ1) is 6.68. The Morgan fingerprint density at radius 3 is 2.64 bits per heavy atom. The van der Waals surface area contributed by atoms with E-state index < -0.39 is 11.6 Å². The van der Waals surface area contributed by atoms with Crippen molar-refractivity contribution in [2.45, 2.75) is 6.42 Å². The van der Waals surface area contributed by atoms with Gasteiger partial charge in [0, 0.05) is 5.56 Å². The van der Waals surface area contributed by atoms with Crippen molar-refractivity contribution in [3.8, 4) is 0 Å². The van der Waals surface area contributed by atoms with Gasteiger partial charge in [-0.1, -0.05) is 11.6 Å². The summed E-state index contributed by atoms with van der Waals surface area (Å²) in [5, 5.41) is 3.05. The second kappa shape index (κ2) is 3.83. The quantitative estimate of drug-likeness (QED) is 0.750. The van der Waals surface area contributed by atoms with Crippen LogP contribution in [0.2, 0.25) is 5.02 Å². The molecule has 0 saturated carbocycles. The van der Waals surface area contributed by atoms with Crippen molar-refractivity contribution in [3.63, 3.8) is 0 Å². The molecule has 1 aromatic carbocycles. The maximum Gasteiger partial charge on any atom is 0.147 e. The predicted octanol–water partition coefficient (Wildman–Crippen LogP) is 2.38. The number of nitrogens with one attached hydrogen (secondary N) is 1. The molecule has 0 spiro atoms. The van der Waals surface area contributed by atoms with Crippen LogP contribution in [0, 0.1) is 17.6 Å². The van der Waals surface area contributed by atoms with Gasteiger partial charge >= 0.3 is 0 Å². The summed E-state index contributed by atoms with van der Waals surface area (Å²) in [4.78, 5) is 0. The average Bonchev–Trinajstić information content (AvgIpc) is 2.09. The summed E-state index contributed by atoms with van der Waals surface area (Å²) < 4.78 is 26.6. The van der Waals surface area contributed by atoms with Gasteiger partial charge in [0.05, 0.1) is 5.02 Å². The summed E-state index contributed by atoms with van der Waals surface area (Å²) in [5.41, 5.74) is 0.115. The molecule has 4 heteroatoms. The van der Waals surface area contributed by atoms with Crippen LogP contribution in [-0.4, -0.2) is 13.1 Å². The lowest BCUT2D eigenvalue weighted by molar-refractivity contribution is 0.338. The van der Waals surface area contributed by atoms with Gasteiger partial charge in [-0.15, -0.1) is 0 Å². The van der Waals surface area contributed by atoms with Crippen LogP contribution in [0.5, 0.6) is 0 Å². The second-order valence-electron chi connectivity index (χ2n) is 3.55. The van der Waals surface area contributed by atoms with Crippen LogP contribution in [-0.2, 0) is 6.42 Å². The first-order valence-electron chi connectivity index (χ1n) is 4.51. The van der Waals surface area contributed by atoms with E-state index in [4.69, 9.17) is 11.6 Å².